The summed E-state index contributed by atoms with van der Waals surface area (Å²) in [6, 6.07) is -0.498. The lowest BCUT2D eigenvalue weighted by Gasteiger charge is -2.46. The van der Waals surface area contributed by atoms with Crippen LogP contribution in [0, 0.1) is 0 Å². The number of carbonyl (C=O) groups excluding carboxylic acids is 5. The number of carboxylic acid groups (broad SMARTS) is 1. The molecule has 0 spiro atoms. The topological polar surface area (TPSA) is 157 Å². The zero-order valence-electron chi connectivity index (χ0n) is 23.3. The van der Waals surface area contributed by atoms with Gasteiger partial charge in [0.15, 0.2) is 18.3 Å². The third-order valence-electron chi connectivity index (χ3n) is 5.01. The summed E-state index contributed by atoms with van der Waals surface area (Å²) in [6.45, 7) is 6.11. The molecule has 1 heterocycles. The normalized spacial score (nSPS) is 24.1. The van der Waals surface area contributed by atoms with Gasteiger partial charge in [0.05, 0.1) is 6.26 Å². The largest absolute Gasteiger partial charge is 0.550 e. The van der Waals surface area contributed by atoms with Crippen molar-refractivity contribution in [3.63, 3.8) is 0 Å². The lowest BCUT2D eigenvalue weighted by Crippen LogP contribution is -2.66. The number of thioether (sulfide) groups is 2. The van der Waals surface area contributed by atoms with Crippen molar-refractivity contribution in [2.45, 2.75) is 83.4 Å². The number of amides is 1. The van der Waals surface area contributed by atoms with Gasteiger partial charge in [0.2, 0.25) is 5.91 Å². The Kier molecular flexibility index (Phi) is 18.6. The van der Waals surface area contributed by atoms with Gasteiger partial charge in [-0.3, -0.25) is 19.2 Å². The van der Waals surface area contributed by atoms with Crippen LogP contribution >= 0.6 is 23.5 Å². The molecule has 0 aromatic rings. The highest BCUT2D eigenvalue weighted by atomic mass is 32.2. The van der Waals surface area contributed by atoms with Crippen molar-refractivity contribution >= 4 is 64.2 Å². The number of hydrogen-bond acceptors (Lipinski definition) is 12. The summed E-state index contributed by atoms with van der Waals surface area (Å²) in [7, 11) is -0.0467. The van der Waals surface area contributed by atoms with Crippen LogP contribution in [0.25, 0.3) is 0 Å². The van der Waals surface area contributed by atoms with Crippen LogP contribution < -0.4 is 10.4 Å². The summed E-state index contributed by atoms with van der Waals surface area (Å²) in [6.07, 6.45) is 4.24. The van der Waals surface area contributed by atoms with Crippen molar-refractivity contribution in [1.29, 1.82) is 0 Å². The smallest absolute Gasteiger partial charge is 0.303 e. The number of nitrogens with one attached hydrogen (secondary N) is 1. The lowest BCUT2D eigenvalue weighted by molar-refractivity contribution is -0.302. The molecule has 0 aromatic carbocycles. The van der Waals surface area contributed by atoms with Gasteiger partial charge in [0, 0.05) is 33.7 Å². The lowest BCUT2D eigenvalue weighted by atomic mass is 9.94. The van der Waals surface area contributed by atoms with Gasteiger partial charge < -0.3 is 34.2 Å². The second-order valence-corrected chi connectivity index (χ2v) is 12.8. The maximum absolute atomic E-state index is 12.1. The van der Waals surface area contributed by atoms with Crippen molar-refractivity contribution in [2.24, 2.45) is 0 Å². The Morgan fingerprint density at radius 1 is 0.895 bits per heavy atom. The molecule has 1 aliphatic heterocycles. The summed E-state index contributed by atoms with van der Waals surface area (Å²) < 4.78 is 22.8. The van der Waals surface area contributed by atoms with Crippen LogP contribution in [-0.4, -0.2) is 102 Å². The van der Waals surface area contributed by atoms with Gasteiger partial charge >= 0.3 is 17.9 Å². The van der Waals surface area contributed by atoms with E-state index in [-0.39, 0.29) is 16.8 Å². The number of esters is 3. The number of hydrogen-bond donors (Lipinski definition) is 1. The van der Waals surface area contributed by atoms with Crippen LogP contribution in [-0.2, 0) is 53.8 Å². The Morgan fingerprint density at radius 2 is 1.39 bits per heavy atom. The second-order valence-electron chi connectivity index (χ2n) is 8.58. The number of rotatable bonds is 13. The van der Waals surface area contributed by atoms with Crippen LogP contribution in [0.5, 0.6) is 0 Å². The molecular formula is C24H41NO10S3. The first-order valence-corrected chi connectivity index (χ1v) is 16.6. The molecular weight excluding hydrogens is 558 g/mol. The van der Waals surface area contributed by atoms with Gasteiger partial charge in [-0.05, 0) is 48.9 Å². The molecule has 1 fully saturated rings. The molecule has 1 amide bonds. The minimum Gasteiger partial charge on any atom is -0.550 e. The van der Waals surface area contributed by atoms with E-state index in [1.54, 1.807) is 6.26 Å². The summed E-state index contributed by atoms with van der Waals surface area (Å²) in [5.41, 5.74) is -0.693. The van der Waals surface area contributed by atoms with Crippen LogP contribution in [0.2, 0.25) is 0 Å². The van der Waals surface area contributed by atoms with E-state index in [4.69, 9.17) is 28.8 Å². The van der Waals surface area contributed by atoms with Gasteiger partial charge in [-0.1, -0.05) is 0 Å². The number of ether oxygens (including phenoxy) is 4. The number of aliphatic carboxylic acids is 1. The Morgan fingerprint density at radius 3 is 1.84 bits per heavy atom. The molecule has 0 aliphatic carbocycles. The van der Waals surface area contributed by atoms with Gasteiger partial charge in [-0.25, -0.2) is 0 Å². The first kappa shape index (κ1) is 36.4. The van der Waals surface area contributed by atoms with E-state index in [1.165, 1.54) is 39.5 Å². The van der Waals surface area contributed by atoms with Crippen molar-refractivity contribution in [1.82, 2.24) is 5.32 Å². The summed E-state index contributed by atoms with van der Waals surface area (Å²) in [5, 5.41) is 11.8. The highest BCUT2D eigenvalue weighted by molar-refractivity contribution is 7.99. The molecule has 0 aromatic heterocycles. The fourth-order valence-electron chi connectivity index (χ4n) is 3.78. The van der Waals surface area contributed by atoms with E-state index in [9.17, 15) is 19.2 Å². The van der Waals surface area contributed by atoms with Crippen molar-refractivity contribution in [3.05, 3.63) is 0 Å². The quantitative estimate of drug-likeness (QED) is 0.136. The molecule has 0 saturated carbocycles. The van der Waals surface area contributed by atoms with Gasteiger partial charge in [0.25, 0.3) is 0 Å². The molecule has 1 N–H and O–H groups in total. The average molecular weight is 600 g/mol. The summed E-state index contributed by atoms with van der Waals surface area (Å²) in [5.74, 6) is -0.424. The van der Waals surface area contributed by atoms with Crippen LogP contribution in [0.15, 0.2) is 0 Å². The Hall–Kier alpha value is -1.64. The summed E-state index contributed by atoms with van der Waals surface area (Å²) in [4.78, 5) is 56.7. The van der Waals surface area contributed by atoms with E-state index in [2.05, 4.69) is 17.8 Å². The highest BCUT2D eigenvalue weighted by Gasteiger charge is 2.54. The van der Waals surface area contributed by atoms with Crippen molar-refractivity contribution < 1.29 is 48.0 Å². The average Bonchev–Trinajstić information content (AvgIpc) is 2.77. The van der Waals surface area contributed by atoms with Gasteiger partial charge in [0.1, 0.15) is 29.1 Å². The molecule has 38 heavy (non-hydrogen) atoms. The second kappa shape index (κ2) is 19.4. The third-order valence-corrected chi connectivity index (χ3v) is 8.46. The van der Waals surface area contributed by atoms with Crippen molar-refractivity contribution in [3.8, 4) is 0 Å². The Bertz CT molecular complexity index is 781. The van der Waals surface area contributed by atoms with Crippen LogP contribution in [0.1, 0.15) is 47.5 Å². The zero-order chi connectivity index (χ0) is 29.4. The molecule has 11 nitrogen and oxygen atoms in total. The van der Waals surface area contributed by atoms with E-state index in [1.807, 2.05) is 11.8 Å². The minimum absolute atomic E-state index is 0.0467. The summed E-state index contributed by atoms with van der Waals surface area (Å²) >= 11 is 3.10. The Balaban J connectivity index is 0.00000318. The standard InChI is InChI=1S/C22H37NO8S3.C2H4O2/c1-13(24)23-17(12-34(7)11-9-8-10-32-5)18-19(28-14(2)25)20(29-15(3)26)21(30-16(4)27)22(31-18)33-6;1-2(3)4/h17-22H,8-12H2,1-7H3;1H3,(H,3,4)/t17-,18+,19-,20-,21+,22+,34?;/m0./s1. The fourth-order valence-corrected chi connectivity index (χ4v) is 6.74. The number of unbranched alkanes of at least 4 members (excludes halogenated alkanes) is 1. The SMILES string of the molecule is CC(=O)[O-].CSCCCC[S+](C)C[C@H](NC(C)=O)[C@H]1O[C@H](SC)[C@H](OC(C)=O)[C@@H](OC(C)=O)[C@H]1OC(C)=O. The molecule has 220 valence electrons. The first-order chi connectivity index (χ1) is 17.7. The Labute approximate surface area is 236 Å². The van der Waals surface area contributed by atoms with E-state index in [0.717, 1.165) is 31.3 Å². The fraction of sp³-hybridized carbons (Fsp3) is 0.792. The minimum atomic E-state index is -1.09. The highest BCUT2D eigenvalue weighted by Crippen LogP contribution is 2.34. The monoisotopic (exact) mass is 599 g/mol. The zero-order valence-corrected chi connectivity index (χ0v) is 25.8. The molecule has 1 aliphatic rings. The first-order valence-electron chi connectivity index (χ1n) is 12.0. The molecule has 0 bridgehead atoms. The third kappa shape index (κ3) is 15.1. The number of carboxylic acids is 1. The molecule has 7 atom stereocenters. The van der Waals surface area contributed by atoms with Gasteiger partial charge in [-0.2, -0.15) is 11.8 Å². The molecule has 0 radical (unpaired) electrons. The van der Waals surface area contributed by atoms with Crippen LogP contribution in [0.4, 0.5) is 0 Å². The molecule has 1 saturated heterocycles. The van der Waals surface area contributed by atoms with E-state index in [0.29, 0.717) is 5.75 Å². The molecule has 1 rings (SSSR count). The molecule has 1 unspecified atom stereocenters. The number of carbonyl (C=O) groups is 5. The maximum Gasteiger partial charge on any atom is 0.303 e. The molecule has 14 heteroatoms. The van der Waals surface area contributed by atoms with Gasteiger partial charge in [-0.15, -0.1) is 11.8 Å². The van der Waals surface area contributed by atoms with E-state index < -0.39 is 59.8 Å². The van der Waals surface area contributed by atoms with Crippen molar-refractivity contribution in [2.75, 3.05) is 36.0 Å². The maximum atomic E-state index is 12.1. The predicted molar refractivity (Wildman–Crippen MR) is 148 cm³/mol. The predicted octanol–water partition coefficient (Wildman–Crippen LogP) is 0.522. The van der Waals surface area contributed by atoms with E-state index >= 15 is 0 Å². The van der Waals surface area contributed by atoms with Crippen LogP contribution in [0.3, 0.4) is 0 Å².